The van der Waals surface area contributed by atoms with Crippen molar-refractivity contribution in [1.29, 1.82) is 0 Å². The van der Waals surface area contributed by atoms with Gasteiger partial charge >= 0.3 is 0 Å². The summed E-state index contributed by atoms with van der Waals surface area (Å²) in [5, 5.41) is 6.05. The molecule has 2 aromatic rings. The molecule has 0 saturated carbocycles. The van der Waals surface area contributed by atoms with Gasteiger partial charge in [-0.2, -0.15) is 5.10 Å². The van der Waals surface area contributed by atoms with Crippen LogP contribution in [0, 0.1) is 0 Å². The van der Waals surface area contributed by atoms with E-state index in [0.29, 0.717) is 0 Å². The maximum Gasteiger partial charge on any atom is 0.129 e. The smallest absolute Gasteiger partial charge is 0.129 e. The number of thiophene rings is 1. The van der Waals surface area contributed by atoms with Crippen LogP contribution in [0.15, 0.2) is 23.8 Å². The second-order valence-corrected chi connectivity index (χ2v) is 4.26. The summed E-state index contributed by atoms with van der Waals surface area (Å²) < 4.78 is 6.87. The number of nitrogens with zero attached hydrogens (tertiary/aromatic N) is 2. The van der Waals surface area contributed by atoms with Crippen molar-refractivity contribution in [3.8, 4) is 5.75 Å². The normalized spacial score (nSPS) is 12.7. The van der Waals surface area contributed by atoms with Crippen molar-refractivity contribution < 1.29 is 4.74 Å². The summed E-state index contributed by atoms with van der Waals surface area (Å²) >= 11 is 1.60. The first kappa shape index (κ1) is 10.2. The molecule has 0 aliphatic carbocycles. The van der Waals surface area contributed by atoms with Crippen LogP contribution in [0.5, 0.6) is 5.75 Å². The summed E-state index contributed by atoms with van der Waals surface area (Å²) in [6.45, 7) is 0. The molecule has 0 radical (unpaired) electrons. The van der Waals surface area contributed by atoms with Gasteiger partial charge in [0.2, 0.25) is 0 Å². The summed E-state index contributed by atoms with van der Waals surface area (Å²) in [6, 6.07) is 1.84. The van der Waals surface area contributed by atoms with Gasteiger partial charge < -0.3 is 10.5 Å². The van der Waals surface area contributed by atoms with E-state index in [1.165, 1.54) is 0 Å². The van der Waals surface area contributed by atoms with Crippen LogP contribution < -0.4 is 10.5 Å². The van der Waals surface area contributed by atoms with Crippen molar-refractivity contribution in [3.63, 3.8) is 0 Å². The molecule has 2 aromatic heterocycles. The van der Waals surface area contributed by atoms with Crippen molar-refractivity contribution in [1.82, 2.24) is 9.78 Å². The molecular formula is C10H13N3OS. The summed E-state index contributed by atoms with van der Waals surface area (Å²) in [6.07, 6.45) is 3.72. The first-order valence-electron chi connectivity index (χ1n) is 4.57. The third-order valence-electron chi connectivity index (χ3n) is 2.22. The van der Waals surface area contributed by atoms with Gasteiger partial charge in [0.15, 0.2) is 0 Å². The van der Waals surface area contributed by atoms with E-state index in [9.17, 15) is 0 Å². The Morgan fingerprint density at radius 1 is 1.60 bits per heavy atom. The minimum absolute atomic E-state index is 0.118. The van der Waals surface area contributed by atoms with Crippen molar-refractivity contribution >= 4 is 11.3 Å². The zero-order valence-corrected chi connectivity index (χ0v) is 9.49. The molecule has 80 valence electrons. The van der Waals surface area contributed by atoms with Crippen LogP contribution in [0.1, 0.15) is 16.5 Å². The van der Waals surface area contributed by atoms with Gasteiger partial charge in [0.05, 0.1) is 19.3 Å². The molecule has 0 amide bonds. The molecule has 5 heteroatoms. The predicted molar refractivity (Wildman–Crippen MR) is 60.1 cm³/mol. The Morgan fingerprint density at radius 2 is 2.40 bits per heavy atom. The van der Waals surface area contributed by atoms with E-state index in [1.807, 2.05) is 24.7 Å². The SMILES string of the molecule is COc1csc(C(N)c2cnn(C)c2)c1. The Morgan fingerprint density at radius 3 is 2.93 bits per heavy atom. The molecule has 0 aromatic carbocycles. The lowest BCUT2D eigenvalue weighted by molar-refractivity contribution is 0.416. The Bertz CT molecular complexity index is 449. The molecule has 0 aliphatic rings. The zero-order valence-electron chi connectivity index (χ0n) is 8.68. The molecule has 0 bridgehead atoms. The van der Waals surface area contributed by atoms with Crippen LogP contribution in [0.2, 0.25) is 0 Å². The number of nitrogens with two attached hydrogens (primary N) is 1. The Hall–Kier alpha value is -1.33. The maximum atomic E-state index is 6.10. The average molecular weight is 223 g/mol. The standard InChI is InChI=1S/C10H13N3OS/c1-13-5-7(4-12-13)10(11)9-3-8(14-2)6-15-9/h3-6,10H,11H2,1-2H3. The topological polar surface area (TPSA) is 53.1 Å². The quantitative estimate of drug-likeness (QED) is 0.858. The van der Waals surface area contributed by atoms with E-state index >= 15 is 0 Å². The lowest BCUT2D eigenvalue weighted by Gasteiger charge is -2.05. The molecule has 0 saturated heterocycles. The second-order valence-electron chi connectivity index (χ2n) is 3.31. The molecular weight excluding hydrogens is 210 g/mol. The van der Waals surface area contributed by atoms with E-state index in [1.54, 1.807) is 29.3 Å². The third kappa shape index (κ3) is 2.03. The first-order valence-corrected chi connectivity index (χ1v) is 5.45. The molecule has 0 fully saturated rings. The highest BCUT2D eigenvalue weighted by molar-refractivity contribution is 7.10. The van der Waals surface area contributed by atoms with Crippen LogP contribution in [-0.4, -0.2) is 16.9 Å². The molecule has 4 nitrogen and oxygen atoms in total. The highest BCUT2D eigenvalue weighted by Crippen LogP contribution is 2.28. The Balaban J connectivity index is 2.23. The predicted octanol–water partition coefficient (Wildman–Crippen LogP) is 1.54. The summed E-state index contributed by atoms with van der Waals surface area (Å²) in [4.78, 5) is 1.08. The van der Waals surface area contributed by atoms with Crippen LogP contribution in [-0.2, 0) is 7.05 Å². The van der Waals surface area contributed by atoms with E-state index in [-0.39, 0.29) is 6.04 Å². The fourth-order valence-electron chi connectivity index (χ4n) is 1.37. The second kappa shape index (κ2) is 4.04. The zero-order chi connectivity index (χ0) is 10.8. The highest BCUT2D eigenvalue weighted by Gasteiger charge is 2.13. The van der Waals surface area contributed by atoms with E-state index in [0.717, 1.165) is 16.2 Å². The molecule has 1 unspecified atom stereocenters. The lowest BCUT2D eigenvalue weighted by atomic mass is 10.1. The highest BCUT2D eigenvalue weighted by atomic mass is 32.1. The number of hydrogen-bond donors (Lipinski definition) is 1. The summed E-state index contributed by atoms with van der Waals surface area (Å²) in [5.41, 5.74) is 7.11. The van der Waals surface area contributed by atoms with Crippen molar-refractivity contribution in [3.05, 3.63) is 34.3 Å². The monoisotopic (exact) mass is 223 g/mol. The minimum atomic E-state index is -0.118. The van der Waals surface area contributed by atoms with Crippen molar-refractivity contribution in [2.45, 2.75) is 6.04 Å². The summed E-state index contributed by atoms with van der Waals surface area (Å²) in [7, 11) is 3.53. The van der Waals surface area contributed by atoms with Gasteiger partial charge in [-0.25, -0.2) is 0 Å². The van der Waals surface area contributed by atoms with Crippen LogP contribution in [0.4, 0.5) is 0 Å². The van der Waals surface area contributed by atoms with Crippen molar-refractivity contribution in [2.24, 2.45) is 12.8 Å². The molecule has 2 N–H and O–H groups in total. The van der Waals surface area contributed by atoms with Gasteiger partial charge in [-0.3, -0.25) is 4.68 Å². The molecule has 15 heavy (non-hydrogen) atoms. The molecule has 0 aliphatic heterocycles. The van der Waals surface area contributed by atoms with Crippen molar-refractivity contribution in [2.75, 3.05) is 7.11 Å². The van der Waals surface area contributed by atoms with E-state index in [4.69, 9.17) is 10.5 Å². The fraction of sp³-hybridized carbons (Fsp3) is 0.300. The number of aryl methyl sites for hydroxylation is 1. The minimum Gasteiger partial charge on any atom is -0.496 e. The van der Waals surface area contributed by atoms with Crippen LogP contribution in [0.3, 0.4) is 0 Å². The van der Waals surface area contributed by atoms with E-state index < -0.39 is 0 Å². The number of rotatable bonds is 3. The van der Waals surface area contributed by atoms with Gasteiger partial charge in [0.1, 0.15) is 5.75 Å². The van der Waals surface area contributed by atoms with Gasteiger partial charge in [0, 0.05) is 29.1 Å². The molecule has 2 rings (SSSR count). The number of aromatic nitrogens is 2. The number of methoxy groups -OCH3 is 1. The number of hydrogen-bond acceptors (Lipinski definition) is 4. The third-order valence-corrected chi connectivity index (χ3v) is 3.22. The Kier molecular flexibility index (Phi) is 2.75. The first-order chi connectivity index (χ1) is 7.20. The molecule has 2 heterocycles. The van der Waals surface area contributed by atoms with Gasteiger partial charge in [-0.05, 0) is 6.07 Å². The van der Waals surface area contributed by atoms with Gasteiger partial charge in [-0.1, -0.05) is 0 Å². The molecule has 1 atom stereocenters. The summed E-state index contributed by atoms with van der Waals surface area (Å²) in [5.74, 6) is 0.856. The average Bonchev–Trinajstić information content (AvgIpc) is 2.84. The lowest BCUT2D eigenvalue weighted by Crippen LogP contribution is -2.09. The fourth-order valence-corrected chi connectivity index (χ4v) is 2.25. The van der Waals surface area contributed by atoms with Gasteiger partial charge in [0.25, 0.3) is 0 Å². The Labute approximate surface area is 92.3 Å². The van der Waals surface area contributed by atoms with Crippen LogP contribution >= 0.6 is 11.3 Å². The largest absolute Gasteiger partial charge is 0.496 e. The number of ether oxygens (including phenoxy) is 1. The van der Waals surface area contributed by atoms with Gasteiger partial charge in [-0.15, -0.1) is 11.3 Å². The maximum absolute atomic E-state index is 6.10. The van der Waals surface area contributed by atoms with E-state index in [2.05, 4.69) is 5.10 Å². The molecule has 0 spiro atoms. The van der Waals surface area contributed by atoms with Crippen LogP contribution in [0.25, 0.3) is 0 Å².